The SMILES string of the molecule is CNC(C)c1cccc(F)c1Oc1cccc(OC)c1. The van der Waals surface area contributed by atoms with Crippen molar-refractivity contribution in [2.45, 2.75) is 13.0 Å². The molecule has 0 radical (unpaired) electrons. The Morgan fingerprint density at radius 2 is 1.80 bits per heavy atom. The summed E-state index contributed by atoms with van der Waals surface area (Å²) in [7, 11) is 3.40. The van der Waals surface area contributed by atoms with Gasteiger partial charge in [-0.2, -0.15) is 0 Å². The Kier molecular flexibility index (Phi) is 4.58. The number of hydrogen-bond donors (Lipinski definition) is 1. The molecule has 1 unspecified atom stereocenters. The maximum atomic E-state index is 14.0. The topological polar surface area (TPSA) is 30.5 Å². The fourth-order valence-corrected chi connectivity index (χ4v) is 1.91. The van der Waals surface area contributed by atoms with Gasteiger partial charge in [0.2, 0.25) is 0 Å². The van der Waals surface area contributed by atoms with Crippen LogP contribution in [0.15, 0.2) is 42.5 Å². The molecule has 0 aliphatic carbocycles. The Morgan fingerprint density at radius 1 is 1.10 bits per heavy atom. The molecule has 0 fully saturated rings. The molecule has 1 N–H and O–H groups in total. The maximum absolute atomic E-state index is 14.0. The zero-order valence-electron chi connectivity index (χ0n) is 11.8. The van der Waals surface area contributed by atoms with E-state index in [0.717, 1.165) is 5.56 Å². The first kappa shape index (κ1) is 14.3. The molecule has 0 amide bonds. The third-order valence-electron chi connectivity index (χ3n) is 3.16. The highest BCUT2D eigenvalue weighted by Crippen LogP contribution is 2.33. The Morgan fingerprint density at radius 3 is 2.50 bits per heavy atom. The van der Waals surface area contributed by atoms with Gasteiger partial charge in [-0.15, -0.1) is 0 Å². The van der Waals surface area contributed by atoms with E-state index >= 15 is 0 Å². The smallest absolute Gasteiger partial charge is 0.167 e. The Balaban J connectivity index is 2.37. The summed E-state index contributed by atoms with van der Waals surface area (Å²) in [5, 5.41) is 3.09. The molecule has 4 heteroatoms. The van der Waals surface area contributed by atoms with Crippen molar-refractivity contribution in [1.82, 2.24) is 5.32 Å². The first-order chi connectivity index (χ1) is 9.65. The molecule has 0 bridgehead atoms. The minimum atomic E-state index is -0.382. The highest BCUT2D eigenvalue weighted by molar-refractivity contribution is 5.42. The third-order valence-corrected chi connectivity index (χ3v) is 3.16. The number of methoxy groups -OCH3 is 1. The summed E-state index contributed by atoms with van der Waals surface area (Å²) < 4.78 is 24.9. The number of ether oxygens (including phenoxy) is 2. The average molecular weight is 275 g/mol. The van der Waals surface area contributed by atoms with Crippen LogP contribution in [-0.2, 0) is 0 Å². The van der Waals surface area contributed by atoms with E-state index in [1.807, 2.05) is 26.1 Å². The van der Waals surface area contributed by atoms with E-state index in [1.54, 1.807) is 31.4 Å². The summed E-state index contributed by atoms with van der Waals surface area (Å²) in [6, 6.07) is 12.0. The third kappa shape index (κ3) is 3.08. The van der Waals surface area contributed by atoms with E-state index in [-0.39, 0.29) is 17.6 Å². The lowest BCUT2D eigenvalue weighted by molar-refractivity contribution is 0.402. The average Bonchev–Trinajstić information content (AvgIpc) is 2.48. The van der Waals surface area contributed by atoms with Gasteiger partial charge in [-0.25, -0.2) is 4.39 Å². The van der Waals surface area contributed by atoms with Gasteiger partial charge in [-0.1, -0.05) is 18.2 Å². The van der Waals surface area contributed by atoms with Crippen LogP contribution in [0.1, 0.15) is 18.5 Å². The van der Waals surface area contributed by atoms with E-state index in [2.05, 4.69) is 5.32 Å². The van der Waals surface area contributed by atoms with Crippen LogP contribution in [0.4, 0.5) is 4.39 Å². The number of rotatable bonds is 5. The summed E-state index contributed by atoms with van der Waals surface area (Å²) >= 11 is 0. The quantitative estimate of drug-likeness (QED) is 0.897. The monoisotopic (exact) mass is 275 g/mol. The number of nitrogens with one attached hydrogen (secondary N) is 1. The van der Waals surface area contributed by atoms with Crippen LogP contribution in [0.2, 0.25) is 0 Å². The summed E-state index contributed by atoms with van der Waals surface area (Å²) in [4.78, 5) is 0. The van der Waals surface area contributed by atoms with Crippen LogP contribution in [0.3, 0.4) is 0 Å². The highest BCUT2D eigenvalue weighted by atomic mass is 19.1. The van der Waals surface area contributed by atoms with Crippen LogP contribution in [0, 0.1) is 5.82 Å². The number of benzene rings is 2. The van der Waals surface area contributed by atoms with Gasteiger partial charge >= 0.3 is 0 Å². The molecule has 0 aliphatic heterocycles. The van der Waals surface area contributed by atoms with Crippen LogP contribution in [0.5, 0.6) is 17.2 Å². The molecule has 1 atom stereocenters. The van der Waals surface area contributed by atoms with E-state index in [9.17, 15) is 4.39 Å². The maximum Gasteiger partial charge on any atom is 0.167 e. The van der Waals surface area contributed by atoms with Crippen LogP contribution >= 0.6 is 0 Å². The fourth-order valence-electron chi connectivity index (χ4n) is 1.91. The minimum absolute atomic E-state index is 0.00805. The van der Waals surface area contributed by atoms with Gasteiger partial charge in [0.1, 0.15) is 11.5 Å². The van der Waals surface area contributed by atoms with Crippen molar-refractivity contribution in [1.29, 1.82) is 0 Å². The van der Waals surface area contributed by atoms with Gasteiger partial charge in [0.25, 0.3) is 0 Å². The van der Waals surface area contributed by atoms with E-state index in [1.165, 1.54) is 6.07 Å². The van der Waals surface area contributed by atoms with Gasteiger partial charge in [0.05, 0.1) is 7.11 Å². The van der Waals surface area contributed by atoms with Crippen molar-refractivity contribution in [3.05, 3.63) is 53.8 Å². The van der Waals surface area contributed by atoms with E-state index in [4.69, 9.17) is 9.47 Å². The Labute approximate surface area is 118 Å². The second kappa shape index (κ2) is 6.39. The lowest BCUT2D eigenvalue weighted by Crippen LogP contribution is -2.13. The molecule has 20 heavy (non-hydrogen) atoms. The van der Waals surface area contributed by atoms with Crippen molar-refractivity contribution in [3.63, 3.8) is 0 Å². The van der Waals surface area contributed by atoms with Gasteiger partial charge in [0.15, 0.2) is 11.6 Å². The minimum Gasteiger partial charge on any atom is -0.497 e. The van der Waals surface area contributed by atoms with E-state index < -0.39 is 0 Å². The predicted octanol–water partition coefficient (Wildman–Crippen LogP) is 3.91. The Bertz CT molecular complexity index is 586. The van der Waals surface area contributed by atoms with Crippen molar-refractivity contribution < 1.29 is 13.9 Å². The molecule has 0 spiro atoms. The van der Waals surface area contributed by atoms with Crippen molar-refractivity contribution >= 4 is 0 Å². The molecule has 2 rings (SSSR count). The molecule has 2 aromatic rings. The van der Waals surface area contributed by atoms with Crippen LogP contribution < -0.4 is 14.8 Å². The fraction of sp³-hybridized carbons (Fsp3) is 0.250. The van der Waals surface area contributed by atoms with Gasteiger partial charge in [-0.3, -0.25) is 0 Å². The molecule has 2 aromatic carbocycles. The molecule has 0 saturated carbocycles. The molecule has 0 heterocycles. The largest absolute Gasteiger partial charge is 0.497 e. The van der Waals surface area contributed by atoms with Crippen molar-refractivity contribution in [2.75, 3.05) is 14.2 Å². The summed E-state index contributed by atoms with van der Waals surface area (Å²) in [5.74, 6) is 1.07. The van der Waals surface area contributed by atoms with Crippen LogP contribution in [0.25, 0.3) is 0 Å². The zero-order chi connectivity index (χ0) is 14.5. The van der Waals surface area contributed by atoms with Crippen molar-refractivity contribution in [2.24, 2.45) is 0 Å². The first-order valence-corrected chi connectivity index (χ1v) is 6.43. The highest BCUT2D eigenvalue weighted by Gasteiger charge is 2.15. The number of hydrogen-bond acceptors (Lipinski definition) is 3. The van der Waals surface area contributed by atoms with Gasteiger partial charge < -0.3 is 14.8 Å². The summed E-state index contributed by atoms with van der Waals surface area (Å²) in [5.41, 5.74) is 0.773. The molecule has 0 aliphatic rings. The molecular weight excluding hydrogens is 257 g/mol. The number of halogens is 1. The van der Waals surface area contributed by atoms with E-state index in [0.29, 0.717) is 11.5 Å². The van der Waals surface area contributed by atoms with Gasteiger partial charge in [0, 0.05) is 17.7 Å². The lowest BCUT2D eigenvalue weighted by Gasteiger charge is -2.17. The molecule has 0 saturated heterocycles. The standard InChI is InChI=1S/C16H18FNO2/c1-11(18-2)14-8-5-9-15(17)16(14)20-13-7-4-6-12(10-13)19-3/h4-11,18H,1-3H3. The Hall–Kier alpha value is -2.07. The zero-order valence-corrected chi connectivity index (χ0v) is 11.8. The van der Waals surface area contributed by atoms with Gasteiger partial charge in [-0.05, 0) is 32.2 Å². The predicted molar refractivity (Wildman–Crippen MR) is 76.9 cm³/mol. The molecule has 3 nitrogen and oxygen atoms in total. The second-order valence-electron chi connectivity index (χ2n) is 4.45. The summed E-state index contributed by atoms with van der Waals surface area (Å²) in [6.07, 6.45) is 0. The number of para-hydroxylation sites is 1. The molecule has 106 valence electrons. The molecular formula is C16H18FNO2. The van der Waals surface area contributed by atoms with Crippen LogP contribution in [-0.4, -0.2) is 14.2 Å². The van der Waals surface area contributed by atoms with Crippen molar-refractivity contribution in [3.8, 4) is 17.2 Å². The first-order valence-electron chi connectivity index (χ1n) is 6.43. The lowest BCUT2D eigenvalue weighted by atomic mass is 10.1. The normalized spacial score (nSPS) is 12.0. The second-order valence-corrected chi connectivity index (χ2v) is 4.45. The summed E-state index contributed by atoms with van der Waals surface area (Å²) in [6.45, 7) is 1.95. The molecule has 0 aromatic heterocycles.